The minimum atomic E-state index is -0.143. The molecule has 6 nitrogen and oxygen atoms in total. The molecular weight excluding hydrogens is 318 g/mol. The second-order valence-corrected chi connectivity index (χ2v) is 5.61. The van der Waals surface area contributed by atoms with Crippen molar-refractivity contribution in [3.05, 3.63) is 72.2 Å². The molecule has 0 atom stereocenters. The second kappa shape index (κ2) is 6.60. The van der Waals surface area contributed by atoms with Crippen LogP contribution in [0.15, 0.2) is 69.7 Å². The highest BCUT2D eigenvalue weighted by Gasteiger charge is 2.14. The predicted octanol–water partition coefficient (Wildman–Crippen LogP) is 3.34. The summed E-state index contributed by atoms with van der Waals surface area (Å²) < 4.78 is 11.0. The van der Waals surface area contributed by atoms with Crippen LogP contribution in [0, 0.1) is 0 Å². The molecule has 0 bridgehead atoms. The number of aromatic nitrogens is 2. The van der Waals surface area contributed by atoms with Gasteiger partial charge in [0.25, 0.3) is 0 Å². The number of furan rings is 1. The molecule has 0 spiro atoms. The molecule has 1 aromatic carbocycles. The molecule has 0 aliphatic heterocycles. The van der Waals surface area contributed by atoms with Crippen molar-refractivity contribution >= 4 is 16.9 Å². The summed E-state index contributed by atoms with van der Waals surface area (Å²) in [5.41, 5.74) is 2.14. The first-order chi connectivity index (χ1) is 12.3. The van der Waals surface area contributed by atoms with Gasteiger partial charge in [0.1, 0.15) is 5.58 Å². The summed E-state index contributed by atoms with van der Waals surface area (Å²) in [4.78, 5) is 16.2. The molecule has 0 radical (unpaired) electrons. The van der Waals surface area contributed by atoms with Gasteiger partial charge in [-0.2, -0.15) is 0 Å². The molecule has 25 heavy (non-hydrogen) atoms. The van der Waals surface area contributed by atoms with Gasteiger partial charge in [0.05, 0.1) is 24.4 Å². The lowest BCUT2D eigenvalue weighted by atomic mass is 10.2. The third-order valence-corrected chi connectivity index (χ3v) is 3.76. The van der Waals surface area contributed by atoms with Crippen molar-refractivity contribution in [1.82, 2.24) is 15.5 Å². The fourth-order valence-electron chi connectivity index (χ4n) is 2.53. The Kier molecular flexibility index (Phi) is 4.00. The molecule has 4 aromatic rings. The van der Waals surface area contributed by atoms with Gasteiger partial charge in [0, 0.05) is 17.6 Å². The summed E-state index contributed by atoms with van der Waals surface area (Å²) in [7, 11) is 0. The number of hydrogen-bond donors (Lipinski definition) is 1. The maximum absolute atomic E-state index is 12.0. The fraction of sp³-hybridized carbons (Fsp3) is 0.105. The van der Waals surface area contributed by atoms with Gasteiger partial charge in [0.2, 0.25) is 11.7 Å². The zero-order valence-electron chi connectivity index (χ0n) is 13.3. The van der Waals surface area contributed by atoms with Crippen LogP contribution >= 0.6 is 0 Å². The third-order valence-electron chi connectivity index (χ3n) is 3.76. The Morgan fingerprint density at radius 2 is 1.88 bits per heavy atom. The van der Waals surface area contributed by atoms with Crippen molar-refractivity contribution in [3.63, 3.8) is 0 Å². The molecule has 1 N–H and O–H groups in total. The average molecular weight is 333 g/mol. The SMILES string of the molecule is O=C(Cc1cc(-c2cc3ccccc3o2)on1)NCc1ccccn1. The van der Waals surface area contributed by atoms with Crippen LogP contribution in [0.1, 0.15) is 11.4 Å². The topological polar surface area (TPSA) is 81.2 Å². The number of nitrogens with one attached hydrogen (secondary N) is 1. The van der Waals surface area contributed by atoms with Crippen molar-refractivity contribution in [2.75, 3.05) is 0 Å². The summed E-state index contributed by atoms with van der Waals surface area (Å²) in [6, 6.07) is 16.9. The van der Waals surface area contributed by atoms with Crippen LogP contribution in [0.25, 0.3) is 22.5 Å². The van der Waals surface area contributed by atoms with E-state index in [0.717, 1.165) is 16.7 Å². The molecule has 6 heteroatoms. The van der Waals surface area contributed by atoms with Crippen molar-refractivity contribution in [1.29, 1.82) is 0 Å². The van der Waals surface area contributed by atoms with E-state index in [-0.39, 0.29) is 12.3 Å². The summed E-state index contributed by atoms with van der Waals surface area (Å²) in [6.45, 7) is 0.383. The maximum Gasteiger partial charge on any atom is 0.226 e. The van der Waals surface area contributed by atoms with E-state index >= 15 is 0 Å². The van der Waals surface area contributed by atoms with Gasteiger partial charge >= 0.3 is 0 Å². The highest BCUT2D eigenvalue weighted by Crippen LogP contribution is 2.28. The first-order valence-electron chi connectivity index (χ1n) is 7.89. The van der Waals surface area contributed by atoms with Crippen LogP contribution in [0.2, 0.25) is 0 Å². The van der Waals surface area contributed by atoms with E-state index in [2.05, 4.69) is 15.5 Å². The standard InChI is InChI=1S/C19H15N3O3/c23-19(21-12-14-6-3-4-8-20-14)11-15-10-18(25-22-15)17-9-13-5-1-2-7-16(13)24-17/h1-10H,11-12H2,(H,21,23). The molecular formula is C19H15N3O3. The van der Waals surface area contributed by atoms with Crippen LogP contribution in [0.3, 0.4) is 0 Å². The fourth-order valence-corrected chi connectivity index (χ4v) is 2.53. The summed E-state index contributed by atoms with van der Waals surface area (Å²) >= 11 is 0. The van der Waals surface area contributed by atoms with Gasteiger partial charge in [-0.15, -0.1) is 0 Å². The minimum absolute atomic E-state index is 0.135. The first-order valence-corrected chi connectivity index (χ1v) is 7.89. The van der Waals surface area contributed by atoms with Crippen molar-refractivity contribution in [2.45, 2.75) is 13.0 Å². The molecule has 0 unspecified atom stereocenters. The number of hydrogen-bond acceptors (Lipinski definition) is 5. The monoisotopic (exact) mass is 333 g/mol. The Balaban J connectivity index is 1.41. The van der Waals surface area contributed by atoms with E-state index in [4.69, 9.17) is 8.94 Å². The molecule has 0 saturated carbocycles. The molecule has 1 amide bonds. The number of carbonyl (C=O) groups excluding carboxylic acids is 1. The Morgan fingerprint density at radius 3 is 2.72 bits per heavy atom. The zero-order chi connectivity index (χ0) is 17.1. The number of pyridine rings is 1. The average Bonchev–Trinajstić information content (AvgIpc) is 3.27. The predicted molar refractivity (Wildman–Crippen MR) is 91.5 cm³/mol. The van der Waals surface area contributed by atoms with Gasteiger partial charge in [-0.3, -0.25) is 9.78 Å². The molecule has 124 valence electrons. The number of carbonyl (C=O) groups is 1. The Morgan fingerprint density at radius 1 is 1.00 bits per heavy atom. The lowest BCUT2D eigenvalue weighted by molar-refractivity contribution is -0.120. The van der Waals surface area contributed by atoms with E-state index in [0.29, 0.717) is 23.8 Å². The number of amides is 1. The molecule has 3 heterocycles. The van der Waals surface area contributed by atoms with Crippen LogP contribution in [0.5, 0.6) is 0 Å². The molecule has 0 aliphatic rings. The lowest BCUT2D eigenvalue weighted by Gasteiger charge is -2.02. The molecule has 0 aliphatic carbocycles. The van der Waals surface area contributed by atoms with Gasteiger partial charge in [-0.25, -0.2) is 0 Å². The van der Waals surface area contributed by atoms with E-state index in [1.165, 1.54) is 0 Å². The first kappa shape index (κ1) is 15.1. The maximum atomic E-state index is 12.0. The normalized spacial score (nSPS) is 10.9. The Bertz CT molecular complexity index is 972. The summed E-state index contributed by atoms with van der Waals surface area (Å²) in [5.74, 6) is 0.952. The smallest absolute Gasteiger partial charge is 0.226 e. The van der Waals surface area contributed by atoms with E-state index in [9.17, 15) is 4.79 Å². The van der Waals surface area contributed by atoms with Crippen LogP contribution < -0.4 is 5.32 Å². The molecule has 3 aromatic heterocycles. The van der Waals surface area contributed by atoms with E-state index in [1.54, 1.807) is 12.3 Å². The molecule has 4 rings (SSSR count). The largest absolute Gasteiger partial charge is 0.453 e. The van der Waals surface area contributed by atoms with E-state index in [1.807, 2.05) is 48.5 Å². The highest BCUT2D eigenvalue weighted by atomic mass is 16.5. The summed E-state index contributed by atoms with van der Waals surface area (Å²) in [6.07, 6.45) is 1.83. The number of rotatable bonds is 5. The number of para-hydroxylation sites is 1. The quantitative estimate of drug-likeness (QED) is 0.606. The zero-order valence-corrected chi connectivity index (χ0v) is 13.3. The highest BCUT2D eigenvalue weighted by molar-refractivity contribution is 5.82. The minimum Gasteiger partial charge on any atom is -0.453 e. The lowest BCUT2D eigenvalue weighted by Crippen LogP contribution is -2.25. The molecule has 0 fully saturated rings. The van der Waals surface area contributed by atoms with Crippen molar-refractivity contribution in [3.8, 4) is 11.5 Å². The Hall–Kier alpha value is -3.41. The Labute approximate surface area is 143 Å². The van der Waals surface area contributed by atoms with Gasteiger partial charge < -0.3 is 14.3 Å². The number of nitrogens with zero attached hydrogens (tertiary/aromatic N) is 2. The van der Waals surface area contributed by atoms with Crippen LogP contribution in [-0.2, 0) is 17.8 Å². The number of benzene rings is 1. The van der Waals surface area contributed by atoms with Crippen LogP contribution in [-0.4, -0.2) is 16.0 Å². The van der Waals surface area contributed by atoms with Crippen LogP contribution in [0.4, 0.5) is 0 Å². The van der Waals surface area contributed by atoms with Crippen molar-refractivity contribution in [2.24, 2.45) is 0 Å². The van der Waals surface area contributed by atoms with Gasteiger partial charge in [0.15, 0.2) is 5.76 Å². The molecule has 0 saturated heterocycles. The number of fused-ring (bicyclic) bond motifs is 1. The van der Waals surface area contributed by atoms with Gasteiger partial charge in [-0.05, 0) is 24.3 Å². The van der Waals surface area contributed by atoms with Crippen molar-refractivity contribution < 1.29 is 13.7 Å². The van der Waals surface area contributed by atoms with E-state index < -0.39 is 0 Å². The second-order valence-electron chi connectivity index (χ2n) is 5.61. The van der Waals surface area contributed by atoms with Gasteiger partial charge in [-0.1, -0.05) is 29.4 Å². The third kappa shape index (κ3) is 3.42. The summed E-state index contributed by atoms with van der Waals surface area (Å²) in [5, 5.41) is 7.75.